The number of piperidine rings is 1. The number of hydrogen-bond acceptors (Lipinski definition) is 3. The Morgan fingerprint density at radius 1 is 1.21 bits per heavy atom. The number of urea groups is 1. The molecule has 148 valence electrons. The molecule has 0 spiro atoms. The number of aromatic nitrogens is 4. The first-order valence-corrected chi connectivity index (χ1v) is 9.73. The van der Waals surface area contributed by atoms with Crippen LogP contribution in [0.5, 0.6) is 0 Å². The molecule has 0 aliphatic carbocycles. The Kier molecular flexibility index (Phi) is 4.93. The predicted molar refractivity (Wildman–Crippen MR) is 108 cm³/mol. The fourth-order valence-corrected chi connectivity index (χ4v) is 4.06. The van der Waals surface area contributed by atoms with Crippen LogP contribution in [0.25, 0.3) is 11.0 Å². The second-order valence-corrected chi connectivity index (χ2v) is 7.47. The third-order valence-electron chi connectivity index (χ3n) is 5.69. The molecule has 8 nitrogen and oxygen atoms in total. The first-order chi connectivity index (χ1) is 13.5. The van der Waals surface area contributed by atoms with Crippen LogP contribution in [0.1, 0.15) is 25.7 Å². The number of carbonyl (C=O) groups is 1. The van der Waals surface area contributed by atoms with Crippen molar-refractivity contribution in [2.75, 3.05) is 11.9 Å². The summed E-state index contributed by atoms with van der Waals surface area (Å²) < 4.78 is 5.26. The first-order valence-electron chi connectivity index (χ1n) is 9.73. The van der Waals surface area contributed by atoms with E-state index in [-0.39, 0.29) is 17.8 Å². The van der Waals surface area contributed by atoms with E-state index in [0.29, 0.717) is 5.69 Å². The number of likely N-dealkylation sites (tertiary alicyclic amines) is 1. The van der Waals surface area contributed by atoms with Gasteiger partial charge >= 0.3 is 11.7 Å². The van der Waals surface area contributed by atoms with Gasteiger partial charge in [-0.2, -0.15) is 0 Å². The number of benzene rings is 1. The van der Waals surface area contributed by atoms with E-state index in [1.54, 1.807) is 29.4 Å². The number of rotatable bonds is 4. The van der Waals surface area contributed by atoms with Gasteiger partial charge in [-0.05, 0) is 43.9 Å². The summed E-state index contributed by atoms with van der Waals surface area (Å²) in [4.78, 5) is 31.1. The van der Waals surface area contributed by atoms with E-state index in [1.807, 2.05) is 35.6 Å². The van der Waals surface area contributed by atoms with Gasteiger partial charge in [0, 0.05) is 51.3 Å². The summed E-state index contributed by atoms with van der Waals surface area (Å²) >= 11 is 0. The number of carbonyl (C=O) groups excluding carboxylic acids is 1. The van der Waals surface area contributed by atoms with Crippen molar-refractivity contribution in [2.24, 2.45) is 14.1 Å². The van der Waals surface area contributed by atoms with E-state index in [9.17, 15) is 9.59 Å². The van der Waals surface area contributed by atoms with Crippen molar-refractivity contribution in [2.45, 2.75) is 38.3 Å². The molecule has 0 unspecified atom stereocenters. The van der Waals surface area contributed by atoms with Crippen molar-refractivity contribution in [1.29, 1.82) is 0 Å². The van der Waals surface area contributed by atoms with Crippen molar-refractivity contribution < 1.29 is 4.79 Å². The highest BCUT2D eigenvalue weighted by atomic mass is 16.2. The lowest BCUT2D eigenvalue weighted by Gasteiger charge is -2.36. The second-order valence-electron chi connectivity index (χ2n) is 7.47. The summed E-state index contributed by atoms with van der Waals surface area (Å²) in [5.74, 6) is 0. The Morgan fingerprint density at radius 2 is 2.04 bits per heavy atom. The number of nitrogens with one attached hydrogen (secondary N) is 1. The number of anilines is 1. The highest BCUT2D eigenvalue weighted by Gasteiger charge is 2.26. The topological polar surface area (TPSA) is 77.1 Å². The highest BCUT2D eigenvalue weighted by molar-refractivity contribution is 5.92. The Balaban J connectivity index is 1.48. The SMILES string of the molecule is Cn1c(=O)n(C)c2cc(NC(=O)N3CCCC[C@H]3CCn3ccnc3)ccc21. The first kappa shape index (κ1) is 18.3. The van der Waals surface area contributed by atoms with Crippen LogP contribution in [0.3, 0.4) is 0 Å². The lowest BCUT2D eigenvalue weighted by Crippen LogP contribution is -2.46. The van der Waals surface area contributed by atoms with E-state index in [0.717, 1.165) is 49.8 Å². The number of fused-ring (bicyclic) bond motifs is 1. The Bertz CT molecular complexity index is 1030. The fourth-order valence-electron chi connectivity index (χ4n) is 4.06. The molecule has 3 heterocycles. The van der Waals surface area contributed by atoms with Crippen molar-refractivity contribution in [1.82, 2.24) is 23.6 Å². The van der Waals surface area contributed by atoms with Gasteiger partial charge < -0.3 is 14.8 Å². The smallest absolute Gasteiger partial charge is 0.328 e. The molecule has 1 saturated heterocycles. The molecule has 4 rings (SSSR count). The van der Waals surface area contributed by atoms with Crippen LogP contribution in [0, 0.1) is 0 Å². The van der Waals surface area contributed by atoms with Crippen LogP contribution in [0.2, 0.25) is 0 Å². The summed E-state index contributed by atoms with van der Waals surface area (Å²) in [7, 11) is 3.49. The third kappa shape index (κ3) is 3.42. The zero-order valence-electron chi connectivity index (χ0n) is 16.3. The van der Waals surface area contributed by atoms with Gasteiger partial charge in [-0.3, -0.25) is 9.13 Å². The van der Waals surface area contributed by atoms with Gasteiger partial charge in [-0.15, -0.1) is 0 Å². The summed E-state index contributed by atoms with van der Waals surface area (Å²) in [5, 5.41) is 3.03. The van der Waals surface area contributed by atoms with Gasteiger partial charge in [-0.1, -0.05) is 0 Å². The van der Waals surface area contributed by atoms with E-state index < -0.39 is 0 Å². The molecular formula is C20H26N6O2. The molecule has 8 heteroatoms. The zero-order valence-corrected chi connectivity index (χ0v) is 16.3. The second kappa shape index (κ2) is 7.53. The lowest BCUT2D eigenvalue weighted by molar-refractivity contribution is 0.155. The van der Waals surface area contributed by atoms with Crippen LogP contribution in [-0.4, -0.2) is 42.2 Å². The molecule has 1 aliphatic heterocycles. The quantitative estimate of drug-likeness (QED) is 0.753. The largest absolute Gasteiger partial charge is 0.337 e. The van der Waals surface area contributed by atoms with Gasteiger partial charge in [0.15, 0.2) is 0 Å². The van der Waals surface area contributed by atoms with Crippen molar-refractivity contribution in [3.63, 3.8) is 0 Å². The van der Waals surface area contributed by atoms with Crippen LogP contribution < -0.4 is 11.0 Å². The molecule has 3 aromatic rings. The molecular weight excluding hydrogens is 356 g/mol. The molecule has 0 saturated carbocycles. The minimum Gasteiger partial charge on any atom is -0.337 e. The molecule has 1 aliphatic rings. The molecule has 1 fully saturated rings. The predicted octanol–water partition coefficient (Wildman–Crippen LogP) is 2.55. The number of aryl methyl sites for hydroxylation is 3. The number of amides is 2. The summed E-state index contributed by atoms with van der Waals surface area (Å²) in [6.45, 7) is 1.62. The number of nitrogens with zero attached hydrogens (tertiary/aromatic N) is 5. The van der Waals surface area contributed by atoms with Crippen LogP contribution >= 0.6 is 0 Å². The molecule has 28 heavy (non-hydrogen) atoms. The molecule has 1 aromatic carbocycles. The van der Waals surface area contributed by atoms with E-state index in [4.69, 9.17) is 0 Å². The molecule has 0 bridgehead atoms. The van der Waals surface area contributed by atoms with Crippen LogP contribution in [-0.2, 0) is 20.6 Å². The van der Waals surface area contributed by atoms with E-state index >= 15 is 0 Å². The van der Waals surface area contributed by atoms with Crippen molar-refractivity contribution in [3.8, 4) is 0 Å². The van der Waals surface area contributed by atoms with Crippen molar-refractivity contribution >= 4 is 22.8 Å². The summed E-state index contributed by atoms with van der Waals surface area (Å²) in [5.41, 5.74) is 2.29. The standard InChI is InChI=1S/C20H26N6O2/c1-23-17-7-6-15(13-18(17)24(2)20(23)28)22-19(27)26-10-4-3-5-16(26)8-11-25-12-9-21-14-25/h6-7,9,12-14,16H,3-5,8,10-11H2,1-2H3,(H,22,27)/t16-/m0/s1. The highest BCUT2D eigenvalue weighted by Crippen LogP contribution is 2.23. The Hall–Kier alpha value is -3.03. The molecule has 1 atom stereocenters. The maximum absolute atomic E-state index is 13.0. The lowest BCUT2D eigenvalue weighted by atomic mass is 9.99. The normalized spacial score (nSPS) is 17.2. The monoisotopic (exact) mass is 382 g/mol. The van der Waals surface area contributed by atoms with Crippen LogP contribution in [0.4, 0.5) is 10.5 Å². The average molecular weight is 382 g/mol. The molecule has 2 amide bonds. The summed E-state index contributed by atoms with van der Waals surface area (Å²) in [6, 6.07) is 5.74. The fraction of sp³-hybridized carbons (Fsp3) is 0.450. The van der Waals surface area contributed by atoms with Gasteiger partial charge in [0.2, 0.25) is 0 Å². The Morgan fingerprint density at radius 3 is 2.82 bits per heavy atom. The minimum absolute atomic E-state index is 0.0735. The van der Waals surface area contributed by atoms with Crippen molar-refractivity contribution in [3.05, 3.63) is 47.4 Å². The van der Waals surface area contributed by atoms with E-state index in [2.05, 4.69) is 14.9 Å². The number of imidazole rings is 2. The average Bonchev–Trinajstić information content (AvgIpc) is 3.30. The molecule has 2 aromatic heterocycles. The maximum atomic E-state index is 13.0. The zero-order chi connectivity index (χ0) is 19.7. The summed E-state index contributed by atoms with van der Waals surface area (Å²) in [6.07, 6.45) is 9.65. The van der Waals surface area contributed by atoms with E-state index in [1.165, 1.54) is 0 Å². The third-order valence-corrected chi connectivity index (χ3v) is 5.69. The molecule has 0 radical (unpaired) electrons. The van der Waals surface area contributed by atoms with Gasteiger partial charge in [-0.25, -0.2) is 14.6 Å². The Labute approximate surface area is 163 Å². The molecule has 1 N–H and O–H groups in total. The van der Waals surface area contributed by atoms with Gasteiger partial charge in [0.25, 0.3) is 0 Å². The number of hydrogen-bond donors (Lipinski definition) is 1. The van der Waals surface area contributed by atoms with Gasteiger partial charge in [0.1, 0.15) is 0 Å². The minimum atomic E-state index is -0.0749. The van der Waals surface area contributed by atoms with Crippen LogP contribution in [0.15, 0.2) is 41.7 Å². The maximum Gasteiger partial charge on any atom is 0.328 e. The van der Waals surface area contributed by atoms with Gasteiger partial charge in [0.05, 0.1) is 17.4 Å².